The second-order valence-electron chi connectivity index (χ2n) is 3.14. The van der Waals surface area contributed by atoms with Gasteiger partial charge in [-0.05, 0) is 35.2 Å². The maximum absolute atomic E-state index is 5.86. The third kappa shape index (κ3) is 2.62. The Labute approximate surface area is 102 Å². The molecular formula is C10H11ClN2S2. The predicted molar refractivity (Wildman–Crippen MR) is 68.1 cm³/mol. The van der Waals surface area contributed by atoms with Crippen molar-refractivity contribution in [3.8, 4) is 0 Å². The quantitative estimate of drug-likeness (QED) is 0.355. The SMILES string of the molecule is CCCCSc1nc(Cl)nc2sccc12. The summed E-state index contributed by atoms with van der Waals surface area (Å²) in [5.41, 5.74) is 0. The van der Waals surface area contributed by atoms with Gasteiger partial charge in [0.05, 0.1) is 0 Å². The lowest BCUT2D eigenvalue weighted by molar-refractivity contribution is 0.895. The number of hydrogen-bond donors (Lipinski definition) is 0. The number of fused-ring (bicyclic) bond motifs is 1. The monoisotopic (exact) mass is 258 g/mol. The molecule has 2 heterocycles. The van der Waals surface area contributed by atoms with Crippen LogP contribution in [0.3, 0.4) is 0 Å². The van der Waals surface area contributed by atoms with Gasteiger partial charge in [-0.1, -0.05) is 13.3 Å². The zero-order chi connectivity index (χ0) is 10.7. The standard InChI is InChI=1S/C10H11ClN2S2/c1-2-3-5-14-8-7-4-6-15-9(7)13-10(11)12-8/h4,6H,2-3,5H2,1H3. The summed E-state index contributed by atoms with van der Waals surface area (Å²) in [5, 5.41) is 4.52. The Morgan fingerprint density at radius 2 is 2.33 bits per heavy atom. The highest BCUT2D eigenvalue weighted by atomic mass is 35.5. The zero-order valence-electron chi connectivity index (χ0n) is 8.36. The van der Waals surface area contributed by atoms with Crippen LogP contribution in [0.15, 0.2) is 16.5 Å². The number of hydrogen-bond acceptors (Lipinski definition) is 4. The van der Waals surface area contributed by atoms with Gasteiger partial charge in [0.15, 0.2) is 0 Å². The lowest BCUT2D eigenvalue weighted by atomic mass is 10.4. The molecule has 80 valence electrons. The minimum absolute atomic E-state index is 0.351. The molecule has 15 heavy (non-hydrogen) atoms. The van der Waals surface area contributed by atoms with Crippen LogP contribution in [-0.2, 0) is 0 Å². The van der Waals surface area contributed by atoms with Crippen LogP contribution in [0.4, 0.5) is 0 Å². The van der Waals surface area contributed by atoms with Gasteiger partial charge >= 0.3 is 0 Å². The van der Waals surface area contributed by atoms with Crippen LogP contribution in [0, 0.1) is 0 Å². The molecule has 2 aromatic rings. The summed E-state index contributed by atoms with van der Waals surface area (Å²) in [6.45, 7) is 2.19. The average Bonchev–Trinajstić information content (AvgIpc) is 2.65. The minimum atomic E-state index is 0.351. The molecule has 0 amide bonds. The molecule has 2 rings (SSSR count). The molecule has 0 aliphatic carbocycles. The van der Waals surface area contributed by atoms with Gasteiger partial charge in [0, 0.05) is 5.39 Å². The lowest BCUT2D eigenvalue weighted by Crippen LogP contribution is -1.87. The van der Waals surface area contributed by atoms with Crippen LogP contribution in [0.2, 0.25) is 5.28 Å². The Hall–Kier alpha value is -0.320. The highest BCUT2D eigenvalue weighted by Gasteiger charge is 2.07. The summed E-state index contributed by atoms with van der Waals surface area (Å²) in [5.74, 6) is 1.09. The second-order valence-corrected chi connectivity index (χ2v) is 5.46. The summed E-state index contributed by atoms with van der Waals surface area (Å²) in [4.78, 5) is 9.43. The van der Waals surface area contributed by atoms with Gasteiger partial charge in [0.1, 0.15) is 9.86 Å². The molecule has 2 aromatic heterocycles. The van der Waals surface area contributed by atoms with Crippen molar-refractivity contribution in [3.05, 3.63) is 16.7 Å². The highest BCUT2D eigenvalue weighted by molar-refractivity contribution is 7.99. The first-order chi connectivity index (χ1) is 7.31. The molecule has 0 saturated heterocycles. The van der Waals surface area contributed by atoms with E-state index in [1.54, 1.807) is 23.1 Å². The largest absolute Gasteiger partial charge is 0.224 e. The molecule has 0 fully saturated rings. The number of halogens is 1. The normalized spacial score (nSPS) is 11.1. The molecule has 2 nitrogen and oxygen atoms in total. The van der Waals surface area contributed by atoms with Gasteiger partial charge < -0.3 is 0 Å². The molecular weight excluding hydrogens is 248 g/mol. The van der Waals surface area contributed by atoms with Crippen LogP contribution in [0.25, 0.3) is 10.2 Å². The van der Waals surface area contributed by atoms with E-state index >= 15 is 0 Å². The molecule has 0 bridgehead atoms. The minimum Gasteiger partial charge on any atom is -0.211 e. The van der Waals surface area contributed by atoms with Gasteiger partial charge in [-0.3, -0.25) is 0 Å². The van der Waals surface area contributed by atoms with Gasteiger partial charge in [-0.25, -0.2) is 9.97 Å². The van der Waals surface area contributed by atoms with Crippen LogP contribution < -0.4 is 0 Å². The Morgan fingerprint density at radius 3 is 3.13 bits per heavy atom. The number of thioether (sulfide) groups is 1. The van der Waals surface area contributed by atoms with Crippen LogP contribution in [0.5, 0.6) is 0 Å². The number of thiophene rings is 1. The van der Waals surface area contributed by atoms with Crippen molar-refractivity contribution in [2.75, 3.05) is 5.75 Å². The first kappa shape index (κ1) is 11.2. The van der Waals surface area contributed by atoms with E-state index in [-0.39, 0.29) is 0 Å². The van der Waals surface area contributed by atoms with E-state index in [0.29, 0.717) is 5.28 Å². The van der Waals surface area contributed by atoms with Gasteiger partial charge in [0.2, 0.25) is 5.28 Å². The Morgan fingerprint density at radius 1 is 1.47 bits per heavy atom. The van der Waals surface area contributed by atoms with Gasteiger partial charge in [0.25, 0.3) is 0 Å². The lowest BCUT2D eigenvalue weighted by Gasteiger charge is -2.01. The van der Waals surface area contributed by atoms with Crippen molar-refractivity contribution in [3.63, 3.8) is 0 Å². The Bertz CT molecular complexity index is 456. The van der Waals surface area contributed by atoms with Crippen LogP contribution >= 0.6 is 34.7 Å². The van der Waals surface area contributed by atoms with E-state index in [2.05, 4.69) is 23.0 Å². The number of aromatic nitrogens is 2. The van der Waals surface area contributed by atoms with Crippen molar-refractivity contribution in [2.24, 2.45) is 0 Å². The smallest absolute Gasteiger partial charge is 0.211 e. The van der Waals surface area contributed by atoms with E-state index in [0.717, 1.165) is 21.0 Å². The maximum Gasteiger partial charge on any atom is 0.224 e. The van der Waals surface area contributed by atoms with E-state index < -0.39 is 0 Å². The molecule has 0 spiro atoms. The zero-order valence-corrected chi connectivity index (χ0v) is 10.8. The molecule has 0 radical (unpaired) electrons. The molecule has 0 aliphatic rings. The fourth-order valence-electron chi connectivity index (χ4n) is 1.23. The molecule has 0 aromatic carbocycles. The average molecular weight is 259 g/mol. The number of unbranched alkanes of at least 4 members (excludes halogenated alkanes) is 1. The molecule has 0 saturated carbocycles. The van der Waals surface area contributed by atoms with E-state index in [4.69, 9.17) is 11.6 Å². The third-order valence-corrected chi connectivity index (χ3v) is 4.05. The molecule has 5 heteroatoms. The molecule has 0 aliphatic heterocycles. The summed E-state index contributed by atoms with van der Waals surface area (Å²) < 4.78 is 0. The highest BCUT2D eigenvalue weighted by Crippen LogP contribution is 2.30. The van der Waals surface area contributed by atoms with E-state index in [9.17, 15) is 0 Å². The van der Waals surface area contributed by atoms with Crippen molar-refractivity contribution < 1.29 is 0 Å². The summed E-state index contributed by atoms with van der Waals surface area (Å²) in [6.07, 6.45) is 2.41. The molecule has 0 N–H and O–H groups in total. The van der Waals surface area contributed by atoms with E-state index in [1.165, 1.54) is 12.8 Å². The molecule has 0 unspecified atom stereocenters. The van der Waals surface area contributed by atoms with Gasteiger partial charge in [-0.2, -0.15) is 0 Å². The fraction of sp³-hybridized carbons (Fsp3) is 0.400. The summed E-state index contributed by atoms with van der Waals surface area (Å²) >= 11 is 9.24. The van der Waals surface area contributed by atoms with Crippen molar-refractivity contribution in [1.82, 2.24) is 9.97 Å². The summed E-state index contributed by atoms with van der Waals surface area (Å²) in [7, 11) is 0. The van der Waals surface area contributed by atoms with Crippen LogP contribution in [-0.4, -0.2) is 15.7 Å². The van der Waals surface area contributed by atoms with E-state index in [1.807, 2.05) is 5.38 Å². The second kappa shape index (κ2) is 5.14. The Kier molecular flexibility index (Phi) is 3.83. The number of nitrogens with zero attached hydrogens (tertiary/aromatic N) is 2. The topological polar surface area (TPSA) is 25.8 Å². The fourth-order valence-corrected chi connectivity index (χ4v) is 3.42. The van der Waals surface area contributed by atoms with Gasteiger partial charge in [-0.15, -0.1) is 23.1 Å². The van der Waals surface area contributed by atoms with Crippen LogP contribution in [0.1, 0.15) is 19.8 Å². The first-order valence-corrected chi connectivity index (χ1v) is 7.09. The molecule has 0 atom stereocenters. The number of rotatable bonds is 4. The first-order valence-electron chi connectivity index (χ1n) is 4.85. The Balaban J connectivity index is 2.27. The van der Waals surface area contributed by atoms with Crippen molar-refractivity contribution in [1.29, 1.82) is 0 Å². The summed E-state index contributed by atoms with van der Waals surface area (Å²) in [6, 6.07) is 2.06. The maximum atomic E-state index is 5.86. The predicted octanol–water partition coefficient (Wildman–Crippen LogP) is 4.24. The third-order valence-electron chi connectivity index (χ3n) is 2.00. The van der Waals surface area contributed by atoms with Crippen molar-refractivity contribution in [2.45, 2.75) is 24.8 Å². The van der Waals surface area contributed by atoms with Crippen molar-refractivity contribution >= 4 is 44.9 Å².